The van der Waals surface area contributed by atoms with Crippen molar-refractivity contribution in [3.05, 3.63) is 70.2 Å². The molecule has 0 aliphatic carbocycles. The van der Waals surface area contributed by atoms with Gasteiger partial charge in [0.05, 0.1) is 12.7 Å². The molecule has 2 aromatic rings. The van der Waals surface area contributed by atoms with Gasteiger partial charge in [0, 0.05) is 24.4 Å². The normalized spacial score (nSPS) is 11.9. The van der Waals surface area contributed by atoms with Gasteiger partial charge >= 0.3 is 12.1 Å². The van der Waals surface area contributed by atoms with Crippen molar-refractivity contribution in [2.45, 2.75) is 45.4 Å². The third kappa shape index (κ3) is 8.54. The Labute approximate surface area is 175 Å². The van der Waals surface area contributed by atoms with Gasteiger partial charge in [-0.2, -0.15) is 0 Å². The van der Waals surface area contributed by atoms with E-state index in [-0.39, 0.29) is 25.7 Å². The molecule has 2 aromatic carbocycles. The van der Waals surface area contributed by atoms with E-state index in [2.05, 4.69) is 5.32 Å². The summed E-state index contributed by atoms with van der Waals surface area (Å²) in [4.78, 5) is 23.2. The van der Waals surface area contributed by atoms with Gasteiger partial charge in [0.25, 0.3) is 0 Å². The zero-order valence-corrected chi connectivity index (χ0v) is 17.3. The number of amides is 1. The lowest BCUT2D eigenvalue weighted by Crippen LogP contribution is -2.29. The van der Waals surface area contributed by atoms with Crippen LogP contribution in [0.2, 0.25) is 5.02 Å². The minimum atomic E-state index is -0.995. The maximum Gasteiger partial charge on any atom is 0.407 e. The number of alkyl carbamates (subject to hydrolysis) is 1. The van der Waals surface area contributed by atoms with E-state index >= 15 is 0 Å². The van der Waals surface area contributed by atoms with Gasteiger partial charge in [0.1, 0.15) is 0 Å². The number of carbonyl (C=O) groups is 2. The van der Waals surface area contributed by atoms with Gasteiger partial charge in [-0.25, -0.2) is 9.59 Å². The van der Waals surface area contributed by atoms with Crippen LogP contribution in [0.4, 0.5) is 4.79 Å². The first-order chi connectivity index (χ1) is 13.8. The highest BCUT2D eigenvalue weighted by Crippen LogP contribution is 2.12. The maximum absolute atomic E-state index is 11.9. The van der Waals surface area contributed by atoms with Crippen molar-refractivity contribution in [1.29, 1.82) is 0 Å². The molecule has 0 saturated carbocycles. The Morgan fingerprint density at radius 2 is 1.76 bits per heavy atom. The molecule has 156 valence electrons. The SMILES string of the molecule is CC(C)OC(Cc1cccc(CNC(=O)OCCc2cccc(Cl)c2)c1)C(=O)O. The smallest absolute Gasteiger partial charge is 0.407 e. The molecule has 0 spiro atoms. The van der Waals surface area contributed by atoms with Crippen molar-refractivity contribution in [3.8, 4) is 0 Å². The number of rotatable bonds is 10. The quantitative estimate of drug-likeness (QED) is 0.602. The summed E-state index contributed by atoms with van der Waals surface area (Å²) in [5.74, 6) is -0.995. The van der Waals surface area contributed by atoms with E-state index in [0.29, 0.717) is 11.4 Å². The first kappa shape index (κ1) is 22.7. The minimum Gasteiger partial charge on any atom is -0.479 e. The molecule has 2 rings (SSSR count). The Morgan fingerprint density at radius 1 is 1.07 bits per heavy atom. The highest BCUT2D eigenvalue weighted by molar-refractivity contribution is 6.30. The van der Waals surface area contributed by atoms with Gasteiger partial charge in [0.2, 0.25) is 0 Å². The monoisotopic (exact) mass is 419 g/mol. The van der Waals surface area contributed by atoms with Crippen LogP contribution in [-0.2, 0) is 33.7 Å². The second-order valence-electron chi connectivity index (χ2n) is 6.91. The Balaban J connectivity index is 1.80. The van der Waals surface area contributed by atoms with Crippen LogP contribution in [0.25, 0.3) is 0 Å². The molecule has 0 aliphatic heterocycles. The highest BCUT2D eigenvalue weighted by atomic mass is 35.5. The fourth-order valence-electron chi connectivity index (χ4n) is 2.78. The van der Waals surface area contributed by atoms with Crippen molar-refractivity contribution in [3.63, 3.8) is 0 Å². The third-order valence-corrected chi connectivity index (χ3v) is 4.31. The topological polar surface area (TPSA) is 84.9 Å². The molecule has 6 nitrogen and oxygen atoms in total. The summed E-state index contributed by atoms with van der Waals surface area (Å²) in [6.45, 7) is 4.13. The van der Waals surface area contributed by atoms with Crippen LogP contribution >= 0.6 is 11.6 Å². The first-order valence-corrected chi connectivity index (χ1v) is 9.82. The molecule has 2 N–H and O–H groups in total. The Hall–Kier alpha value is -2.57. The number of ether oxygens (including phenoxy) is 2. The van der Waals surface area contributed by atoms with Crippen LogP contribution < -0.4 is 5.32 Å². The van der Waals surface area contributed by atoms with E-state index < -0.39 is 18.2 Å². The van der Waals surface area contributed by atoms with E-state index in [1.54, 1.807) is 19.9 Å². The fraction of sp³-hybridized carbons (Fsp3) is 0.364. The van der Waals surface area contributed by atoms with E-state index in [1.807, 2.05) is 42.5 Å². The standard InChI is InChI=1S/C22H26ClNO5/c1-15(2)29-20(21(25)26)13-17-6-3-7-18(11-17)14-24-22(27)28-10-9-16-5-4-8-19(23)12-16/h3-8,11-12,15,20H,9-10,13-14H2,1-2H3,(H,24,27)(H,25,26). The number of aliphatic carboxylic acids is 1. The highest BCUT2D eigenvalue weighted by Gasteiger charge is 2.20. The van der Waals surface area contributed by atoms with Crippen molar-refractivity contribution in [1.82, 2.24) is 5.32 Å². The van der Waals surface area contributed by atoms with Crippen LogP contribution in [0.15, 0.2) is 48.5 Å². The molecule has 0 radical (unpaired) electrons. The molecule has 29 heavy (non-hydrogen) atoms. The lowest BCUT2D eigenvalue weighted by molar-refractivity contribution is -0.153. The molecule has 7 heteroatoms. The molecule has 0 aliphatic rings. The van der Waals surface area contributed by atoms with Crippen LogP contribution in [0.1, 0.15) is 30.5 Å². The number of carboxylic acid groups (broad SMARTS) is 1. The lowest BCUT2D eigenvalue weighted by atomic mass is 10.0. The molecule has 1 atom stereocenters. The van der Waals surface area contributed by atoms with Gasteiger partial charge < -0.3 is 19.9 Å². The van der Waals surface area contributed by atoms with Crippen molar-refractivity contribution < 1.29 is 24.2 Å². The van der Waals surface area contributed by atoms with Gasteiger partial charge in [-0.1, -0.05) is 48.0 Å². The molecule has 0 aromatic heterocycles. The fourth-order valence-corrected chi connectivity index (χ4v) is 3.00. The van der Waals surface area contributed by atoms with E-state index in [9.17, 15) is 14.7 Å². The number of carbonyl (C=O) groups excluding carboxylic acids is 1. The summed E-state index contributed by atoms with van der Waals surface area (Å²) in [5, 5.41) is 12.6. The second kappa shape index (κ2) is 11.4. The van der Waals surface area contributed by atoms with Crippen LogP contribution in [0, 0.1) is 0 Å². The van der Waals surface area contributed by atoms with Crippen molar-refractivity contribution >= 4 is 23.7 Å². The van der Waals surface area contributed by atoms with E-state index in [4.69, 9.17) is 21.1 Å². The zero-order chi connectivity index (χ0) is 21.2. The number of halogens is 1. The Kier molecular flexibility index (Phi) is 8.96. The lowest BCUT2D eigenvalue weighted by Gasteiger charge is -2.17. The van der Waals surface area contributed by atoms with Gasteiger partial charge in [-0.15, -0.1) is 0 Å². The molecular formula is C22H26ClNO5. The predicted molar refractivity (Wildman–Crippen MR) is 111 cm³/mol. The molecule has 0 heterocycles. The average Bonchev–Trinajstić information content (AvgIpc) is 2.66. The minimum absolute atomic E-state index is 0.178. The maximum atomic E-state index is 11.9. The largest absolute Gasteiger partial charge is 0.479 e. The van der Waals surface area contributed by atoms with Gasteiger partial charge in [-0.3, -0.25) is 0 Å². The zero-order valence-electron chi connectivity index (χ0n) is 16.6. The Morgan fingerprint density at radius 3 is 2.45 bits per heavy atom. The summed E-state index contributed by atoms with van der Waals surface area (Å²) < 4.78 is 10.6. The number of benzene rings is 2. The van der Waals surface area contributed by atoms with E-state index in [1.165, 1.54) is 0 Å². The molecule has 0 saturated heterocycles. The van der Waals surface area contributed by atoms with Crippen LogP contribution in [0.5, 0.6) is 0 Å². The molecule has 0 fully saturated rings. The molecule has 1 unspecified atom stereocenters. The number of hydrogen-bond donors (Lipinski definition) is 2. The number of hydrogen-bond acceptors (Lipinski definition) is 4. The van der Waals surface area contributed by atoms with Crippen LogP contribution in [0.3, 0.4) is 0 Å². The van der Waals surface area contributed by atoms with Gasteiger partial charge in [0.15, 0.2) is 6.10 Å². The average molecular weight is 420 g/mol. The first-order valence-electron chi connectivity index (χ1n) is 9.44. The Bertz CT molecular complexity index is 824. The van der Waals surface area contributed by atoms with Gasteiger partial charge in [-0.05, 0) is 42.7 Å². The molecule has 0 bridgehead atoms. The van der Waals surface area contributed by atoms with E-state index in [0.717, 1.165) is 16.7 Å². The number of carboxylic acids is 1. The van der Waals surface area contributed by atoms with Crippen LogP contribution in [-0.4, -0.2) is 36.0 Å². The summed E-state index contributed by atoms with van der Waals surface area (Å²) in [7, 11) is 0. The number of nitrogens with one attached hydrogen (secondary N) is 1. The van der Waals surface area contributed by atoms with Crippen molar-refractivity contribution in [2.75, 3.05) is 6.61 Å². The third-order valence-electron chi connectivity index (χ3n) is 4.07. The summed E-state index contributed by atoms with van der Waals surface area (Å²) in [5.41, 5.74) is 2.67. The summed E-state index contributed by atoms with van der Waals surface area (Å²) in [6, 6.07) is 14.8. The molecular weight excluding hydrogens is 394 g/mol. The predicted octanol–water partition coefficient (Wildman–Crippen LogP) is 4.23. The van der Waals surface area contributed by atoms with Crippen molar-refractivity contribution in [2.24, 2.45) is 0 Å². The summed E-state index contributed by atoms with van der Waals surface area (Å²) >= 11 is 5.93. The molecule has 1 amide bonds. The summed E-state index contributed by atoms with van der Waals surface area (Å²) in [6.07, 6.45) is -0.761. The second-order valence-corrected chi connectivity index (χ2v) is 7.34.